The van der Waals surface area contributed by atoms with Crippen LogP contribution in [0.25, 0.3) is 0 Å². The molecule has 1 aromatic heterocycles. The number of methoxy groups -OCH3 is 2. The highest BCUT2D eigenvalue weighted by Gasteiger charge is 2.51. The Labute approximate surface area is 157 Å². The van der Waals surface area contributed by atoms with Crippen LogP contribution < -0.4 is 19.1 Å². The van der Waals surface area contributed by atoms with E-state index < -0.39 is 5.41 Å². The first-order valence-electron chi connectivity index (χ1n) is 8.75. The molecule has 4 rings (SSSR count). The van der Waals surface area contributed by atoms with Crippen LogP contribution >= 0.6 is 0 Å². The summed E-state index contributed by atoms with van der Waals surface area (Å²) in [6, 6.07) is 9.82. The molecule has 140 valence electrons. The number of nitriles is 1. The van der Waals surface area contributed by atoms with Gasteiger partial charge >= 0.3 is 0 Å². The molecule has 0 aliphatic carbocycles. The standard InChI is InChI=1S/C20H21N3O4/c1-25-13-3-4-14-16-9-23(10-20(16,11-24)12-27-18(14)7-13)17-5-6-22-19(26-2)15(17)8-21/h3-7,16,24H,9-12H2,1-2H3/t16-,20-/m1/s1. The molecule has 2 aliphatic heterocycles. The van der Waals surface area contributed by atoms with Gasteiger partial charge in [0.25, 0.3) is 0 Å². The zero-order valence-corrected chi connectivity index (χ0v) is 15.3. The molecule has 1 N–H and O–H groups in total. The molecule has 7 nitrogen and oxygen atoms in total. The Hall–Kier alpha value is -2.98. The minimum Gasteiger partial charge on any atom is -0.497 e. The van der Waals surface area contributed by atoms with E-state index in [-0.39, 0.29) is 12.5 Å². The van der Waals surface area contributed by atoms with Crippen molar-refractivity contribution in [3.8, 4) is 23.4 Å². The summed E-state index contributed by atoms with van der Waals surface area (Å²) in [5, 5.41) is 19.8. The molecule has 27 heavy (non-hydrogen) atoms. The maximum atomic E-state index is 10.2. The molecular weight excluding hydrogens is 346 g/mol. The first-order chi connectivity index (χ1) is 13.2. The number of benzene rings is 1. The second kappa shape index (κ2) is 6.63. The van der Waals surface area contributed by atoms with Crippen molar-refractivity contribution in [1.82, 2.24) is 4.98 Å². The highest BCUT2D eigenvalue weighted by Crippen LogP contribution is 2.51. The van der Waals surface area contributed by atoms with E-state index in [1.54, 1.807) is 13.3 Å². The third-order valence-electron chi connectivity index (χ3n) is 5.61. The fourth-order valence-corrected chi connectivity index (χ4v) is 4.17. The highest BCUT2D eigenvalue weighted by molar-refractivity contribution is 5.64. The highest BCUT2D eigenvalue weighted by atomic mass is 16.5. The van der Waals surface area contributed by atoms with Crippen molar-refractivity contribution < 1.29 is 19.3 Å². The summed E-state index contributed by atoms with van der Waals surface area (Å²) in [6.45, 7) is 1.67. The Bertz CT molecular complexity index is 911. The molecule has 7 heteroatoms. The first kappa shape index (κ1) is 17.4. The second-order valence-electron chi connectivity index (χ2n) is 6.97. The molecule has 0 amide bonds. The summed E-state index contributed by atoms with van der Waals surface area (Å²) in [5.74, 6) is 1.93. The molecule has 0 spiro atoms. The average Bonchev–Trinajstić information content (AvgIpc) is 3.13. The number of pyridine rings is 1. The van der Waals surface area contributed by atoms with Crippen LogP contribution in [0.5, 0.6) is 17.4 Å². The molecule has 1 aromatic carbocycles. The van der Waals surface area contributed by atoms with Crippen molar-refractivity contribution >= 4 is 5.69 Å². The second-order valence-corrected chi connectivity index (χ2v) is 6.97. The molecular formula is C20H21N3O4. The molecule has 0 unspecified atom stereocenters. The maximum Gasteiger partial charge on any atom is 0.233 e. The lowest BCUT2D eigenvalue weighted by atomic mass is 9.74. The van der Waals surface area contributed by atoms with Crippen LogP contribution in [0, 0.1) is 16.7 Å². The van der Waals surface area contributed by atoms with Gasteiger partial charge in [-0.1, -0.05) is 6.07 Å². The van der Waals surface area contributed by atoms with E-state index in [1.807, 2.05) is 24.3 Å². The van der Waals surface area contributed by atoms with E-state index in [1.165, 1.54) is 7.11 Å². The van der Waals surface area contributed by atoms with Crippen LogP contribution in [0.1, 0.15) is 17.0 Å². The minimum absolute atomic E-state index is 0.00371. The van der Waals surface area contributed by atoms with Gasteiger partial charge in [-0.25, -0.2) is 4.98 Å². The van der Waals surface area contributed by atoms with Gasteiger partial charge in [-0.15, -0.1) is 0 Å². The van der Waals surface area contributed by atoms with Crippen molar-refractivity contribution in [3.63, 3.8) is 0 Å². The number of hydrogen-bond donors (Lipinski definition) is 1. The predicted octanol–water partition coefficient (Wildman–Crippen LogP) is 1.95. The van der Waals surface area contributed by atoms with Crippen molar-refractivity contribution in [2.24, 2.45) is 5.41 Å². The molecule has 1 fully saturated rings. The minimum atomic E-state index is -0.426. The smallest absolute Gasteiger partial charge is 0.233 e. The summed E-state index contributed by atoms with van der Waals surface area (Å²) in [7, 11) is 3.13. The van der Waals surface area contributed by atoms with Crippen molar-refractivity contribution in [2.45, 2.75) is 5.92 Å². The Morgan fingerprint density at radius 1 is 1.37 bits per heavy atom. The molecule has 2 aromatic rings. The van der Waals surface area contributed by atoms with Gasteiger partial charge in [0, 0.05) is 36.8 Å². The van der Waals surface area contributed by atoms with Gasteiger partial charge in [0.05, 0.1) is 38.5 Å². The summed E-state index contributed by atoms with van der Waals surface area (Å²) >= 11 is 0. The van der Waals surface area contributed by atoms with Gasteiger partial charge in [0.1, 0.15) is 23.1 Å². The van der Waals surface area contributed by atoms with Crippen LogP contribution in [0.2, 0.25) is 0 Å². The van der Waals surface area contributed by atoms with E-state index in [2.05, 4.69) is 16.0 Å². The van der Waals surface area contributed by atoms with Crippen LogP contribution in [0.4, 0.5) is 5.69 Å². The third-order valence-corrected chi connectivity index (χ3v) is 5.61. The van der Waals surface area contributed by atoms with Crippen LogP contribution in [-0.2, 0) is 0 Å². The zero-order valence-electron chi connectivity index (χ0n) is 15.3. The third kappa shape index (κ3) is 2.64. The number of aliphatic hydroxyl groups excluding tert-OH is 1. The lowest BCUT2D eigenvalue weighted by Crippen LogP contribution is -2.42. The van der Waals surface area contributed by atoms with E-state index in [0.717, 1.165) is 22.7 Å². The van der Waals surface area contributed by atoms with Crippen molar-refractivity contribution in [1.29, 1.82) is 5.26 Å². The van der Waals surface area contributed by atoms with Gasteiger partial charge in [0.2, 0.25) is 5.88 Å². The molecule has 0 bridgehead atoms. The summed E-state index contributed by atoms with van der Waals surface area (Å²) in [6.07, 6.45) is 1.64. The number of aliphatic hydroxyl groups is 1. The van der Waals surface area contributed by atoms with Gasteiger partial charge in [0.15, 0.2) is 0 Å². The van der Waals surface area contributed by atoms with Gasteiger partial charge in [-0.2, -0.15) is 5.26 Å². The van der Waals surface area contributed by atoms with Gasteiger partial charge in [-0.3, -0.25) is 0 Å². The van der Waals surface area contributed by atoms with Gasteiger partial charge in [-0.05, 0) is 12.1 Å². The Kier molecular flexibility index (Phi) is 4.28. The fraction of sp³-hybridized carbons (Fsp3) is 0.400. The largest absolute Gasteiger partial charge is 0.497 e. The SMILES string of the molecule is COc1ccc2c(c1)OC[C@]1(CO)CN(c3ccnc(OC)c3C#N)C[C@H]21. The molecule has 2 atom stereocenters. The molecule has 0 saturated carbocycles. The number of rotatable bonds is 4. The molecule has 0 radical (unpaired) electrons. The number of hydrogen-bond acceptors (Lipinski definition) is 7. The maximum absolute atomic E-state index is 10.2. The predicted molar refractivity (Wildman–Crippen MR) is 98.5 cm³/mol. The summed E-state index contributed by atoms with van der Waals surface area (Å²) in [4.78, 5) is 6.24. The van der Waals surface area contributed by atoms with E-state index in [4.69, 9.17) is 14.2 Å². The van der Waals surface area contributed by atoms with E-state index in [0.29, 0.717) is 31.1 Å². The van der Waals surface area contributed by atoms with Crippen LogP contribution in [0.3, 0.4) is 0 Å². The lowest BCUT2D eigenvalue weighted by molar-refractivity contribution is 0.0533. The van der Waals surface area contributed by atoms with Gasteiger partial charge < -0.3 is 24.2 Å². The lowest BCUT2D eigenvalue weighted by Gasteiger charge is -2.37. The van der Waals surface area contributed by atoms with Crippen LogP contribution in [0.15, 0.2) is 30.5 Å². The quantitative estimate of drug-likeness (QED) is 0.883. The van der Waals surface area contributed by atoms with E-state index >= 15 is 0 Å². The van der Waals surface area contributed by atoms with Crippen molar-refractivity contribution in [2.75, 3.05) is 45.4 Å². The summed E-state index contributed by atoms with van der Waals surface area (Å²) < 4.78 is 16.5. The zero-order chi connectivity index (χ0) is 19.0. The van der Waals surface area contributed by atoms with Crippen LogP contribution in [-0.4, -0.2) is 50.6 Å². The monoisotopic (exact) mass is 367 g/mol. The number of ether oxygens (including phenoxy) is 3. The summed E-state index contributed by atoms with van der Waals surface area (Å²) in [5.41, 5.74) is 1.80. The van der Waals surface area contributed by atoms with E-state index in [9.17, 15) is 10.4 Å². The number of fused-ring (bicyclic) bond motifs is 3. The number of aromatic nitrogens is 1. The average molecular weight is 367 g/mol. The molecule has 3 heterocycles. The Morgan fingerprint density at radius 3 is 2.93 bits per heavy atom. The fourth-order valence-electron chi connectivity index (χ4n) is 4.17. The number of anilines is 1. The molecule has 1 saturated heterocycles. The normalized spacial score (nSPS) is 23.0. The number of nitrogens with zero attached hydrogens (tertiary/aromatic N) is 3. The Morgan fingerprint density at radius 2 is 2.22 bits per heavy atom. The Balaban J connectivity index is 1.75. The van der Waals surface area contributed by atoms with Crippen molar-refractivity contribution in [3.05, 3.63) is 41.6 Å². The molecule has 2 aliphatic rings. The topological polar surface area (TPSA) is 87.8 Å². The first-order valence-corrected chi connectivity index (χ1v) is 8.75.